The van der Waals surface area contributed by atoms with E-state index in [4.69, 9.17) is 4.99 Å². The molecule has 0 aliphatic carbocycles. The lowest BCUT2D eigenvalue weighted by Crippen LogP contribution is -2.52. The number of imidazole rings is 1. The molecular formula is C25H31FN6. The molecule has 0 spiro atoms. The normalized spacial score (nSPS) is 14.6. The molecule has 168 valence electrons. The highest BCUT2D eigenvalue weighted by atomic mass is 19.1. The third kappa shape index (κ3) is 5.66. The molecule has 32 heavy (non-hydrogen) atoms. The third-order valence-corrected chi connectivity index (χ3v) is 5.70. The maximum absolute atomic E-state index is 13.2. The van der Waals surface area contributed by atoms with Crippen molar-refractivity contribution in [2.24, 2.45) is 4.99 Å². The van der Waals surface area contributed by atoms with E-state index < -0.39 is 0 Å². The van der Waals surface area contributed by atoms with Gasteiger partial charge in [-0.05, 0) is 36.8 Å². The van der Waals surface area contributed by atoms with Gasteiger partial charge in [0.15, 0.2) is 5.96 Å². The molecule has 4 rings (SSSR count). The highest BCUT2D eigenvalue weighted by Gasteiger charge is 2.20. The van der Waals surface area contributed by atoms with Crippen LogP contribution in [0.25, 0.3) is 0 Å². The Morgan fingerprint density at radius 3 is 2.50 bits per heavy atom. The first-order valence-corrected chi connectivity index (χ1v) is 11.3. The van der Waals surface area contributed by atoms with E-state index >= 15 is 0 Å². The SMILES string of the molecule is CCNC(=NCCc1nccn1Cc1ccccc1)N1CCN(c2ccc(F)cc2)CC1. The molecule has 1 saturated heterocycles. The molecule has 0 bridgehead atoms. The second-order valence-electron chi connectivity index (χ2n) is 7.89. The maximum Gasteiger partial charge on any atom is 0.194 e. The average Bonchev–Trinajstić information content (AvgIpc) is 3.26. The first-order chi connectivity index (χ1) is 15.7. The van der Waals surface area contributed by atoms with Gasteiger partial charge in [-0.1, -0.05) is 30.3 Å². The summed E-state index contributed by atoms with van der Waals surface area (Å²) in [6.45, 7) is 7.97. The predicted molar refractivity (Wildman–Crippen MR) is 128 cm³/mol. The Kier molecular flexibility index (Phi) is 7.38. The molecule has 1 fully saturated rings. The molecule has 0 unspecified atom stereocenters. The highest BCUT2D eigenvalue weighted by molar-refractivity contribution is 5.80. The quantitative estimate of drug-likeness (QED) is 0.457. The fraction of sp³-hybridized carbons (Fsp3) is 0.360. The molecule has 7 heteroatoms. The number of benzene rings is 2. The number of anilines is 1. The van der Waals surface area contributed by atoms with Gasteiger partial charge in [-0.3, -0.25) is 4.99 Å². The van der Waals surface area contributed by atoms with Crippen LogP contribution < -0.4 is 10.2 Å². The molecule has 2 heterocycles. The third-order valence-electron chi connectivity index (χ3n) is 5.70. The minimum Gasteiger partial charge on any atom is -0.368 e. The number of aliphatic imine (C=N–C) groups is 1. The van der Waals surface area contributed by atoms with E-state index in [9.17, 15) is 4.39 Å². The van der Waals surface area contributed by atoms with Gasteiger partial charge in [0, 0.05) is 70.3 Å². The lowest BCUT2D eigenvalue weighted by atomic mass is 10.2. The second-order valence-corrected chi connectivity index (χ2v) is 7.89. The Hall–Kier alpha value is -3.35. The van der Waals surface area contributed by atoms with Gasteiger partial charge in [0.2, 0.25) is 0 Å². The van der Waals surface area contributed by atoms with E-state index in [0.717, 1.165) is 63.2 Å². The summed E-state index contributed by atoms with van der Waals surface area (Å²) < 4.78 is 15.4. The minimum absolute atomic E-state index is 0.196. The molecule has 2 aromatic carbocycles. The van der Waals surface area contributed by atoms with Gasteiger partial charge >= 0.3 is 0 Å². The molecule has 1 aliphatic heterocycles. The van der Waals surface area contributed by atoms with Crippen molar-refractivity contribution in [2.45, 2.75) is 19.9 Å². The Labute approximate surface area is 189 Å². The first-order valence-electron chi connectivity index (χ1n) is 11.3. The van der Waals surface area contributed by atoms with Crippen molar-refractivity contribution in [3.05, 3.63) is 84.2 Å². The van der Waals surface area contributed by atoms with Crippen LogP contribution in [0.15, 0.2) is 72.0 Å². The Morgan fingerprint density at radius 1 is 1.03 bits per heavy atom. The van der Waals surface area contributed by atoms with Crippen molar-refractivity contribution in [1.82, 2.24) is 19.8 Å². The molecule has 6 nitrogen and oxygen atoms in total. The van der Waals surface area contributed by atoms with Crippen LogP contribution in [-0.4, -0.2) is 59.7 Å². The monoisotopic (exact) mass is 434 g/mol. The van der Waals surface area contributed by atoms with E-state index in [1.165, 1.54) is 17.7 Å². The van der Waals surface area contributed by atoms with Crippen LogP contribution in [0.4, 0.5) is 10.1 Å². The number of aromatic nitrogens is 2. The van der Waals surface area contributed by atoms with Gasteiger partial charge in [-0.2, -0.15) is 0 Å². The van der Waals surface area contributed by atoms with Crippen LogP contribution in [0.1, 0.15) is 18.3 Å². The number of guanidine groups is 1. The molecular weight excluding hydrogens is 403 g/mol. The average molecular weight is 435 g/mol. The van der Waals surface area contributed by atoms with Crippen LogP contribution in [0.2, 0.25) is 0 Å². The molecule has 0 atom stereocenters. The van der Waals surface area contributed by atoms with Gasteiger partial charge in [-0.25, -0.2) is 9.37 Å². The van der Waals surface area contributed by atoms with Crippen LogP contribution >= 0.6 is 0 Å². The summed E-state index contributed by atoms with van der Waals surface area (Å²) in [4.78, 5) is 14.0. The Bertz CT molecular complexity index is 991. The second kappa shape index (κ2) is 10.8. The topological polar surface area (TPSA) is 48.7 Å². The Morgan fingerprint density at radius 2 is 1.78 bits per heavy atom. The molecule has 0 amide bonds. The summed E-state index contributed by atoms with van der Waals surface area (Å²) in [5, 5.41) is 3.43. The lowest BCUT2D eigenvalue weighted by molar-refractivity contribution is 0.372. The Balaban J connectivity index is 1.33. The van der Waals surface area contributed by atoms with E-state index in [2.05, 4.69) is 55.9 Å². The standard InChI is InChI=1S/C25H31FN6/c1-2-27-25(31-18-16-30(17-19-31)23-10-8-22(26)9-11-23)29-13-12-24-28-14-15-32(24)20-21-6-4-3-5-7-21/h3-11,14-15H,2,12-13,16-20H2,1H3,(H,27,29). The molecule has 1 N–H and O–H groups in total. The molecule has 1 aliphatic rings. The van der Waals surface area contributed by atoms with Gasteiger partial charge in [-0.15, -0.1) is 0 Å². The van der Waals surface area contributed by atoms with Crippen LogP contribution in [0, 0.1) is 5.82 Å². The highest BCUT2D eigenvalue weighted by Crippen LogP contribution is 2.17. The largest absolute Gasteiger partial charge is 0.368 e. The fourth-order valence-electron chi connectivity index (χ4n) is 4.01. The summed E-state index contributed by atoms with van der Waals surface area (Å²) in [5.74, 6) is 1.81. The predicted octanol–water partition coefficient (Wildman–Crippen LogP) is 3.40. The van der Waals surface area contributed by atoms with Gasteiger partial charge in [0.1, 0.15) is 11.6 Å². The lowest BCUT2D eigenvalue weighted by Gasteiger charge is -2.37. The number of nitrogens with one attached hydrogen (secondary N) is 1. The number of rotatable bonds is 7. The zero-order valence-corrected chi connectivity index (χ0v) is 18.6. The molecule has 0 saturated carbocycles. The van der Waals surface area contributed by atoms with E-state index in [0.29, 0.717) is 6.54 Å². The van der Waals surface area contributed by atoms with Gasteiger partial charge in [0.25, 0.3) is 0 Å². The smallest absolute Gasteiger partial charge is 0.194 e. The molecule has 1 aromatic heterocycles. The van der Waals surface area contributed by atoms with Crippen LogP contribution in [0.3, 0.4) is 0 Å². The number of halogens is 1. The van der Waals surface area contributed by atoms with E-state index in [-0.39, 0.29) is 5.82 Å². The van der Waals surface area contributed by atoms with Crippen LogP contribution in [-0.2, 0) is 13.0 Å². The zero-order chi connectivity index (χ0) is 22.2. The van der Waals surface area contributed by atoms with E-state index in [1.807, 2.05) is 30.6 Å². The van der Waals surface area contributed by atoms with Crippen molar-refractivity contribution in [1.29, 1.82) is 0 Å². The summed E-state index contributed by atoms with van der Waals surface area (Å²) in [6.07, 6.45) is 4.69. The zero-order valence-electron chi connectivity index (χ0n) is 18.6. The minimum atomic E-state index is -0.196. The summed E-state index contributed by atoms with van der Waals surface area (Å²) in [5.41, 5.74) is 2.33. The number of piperazine rings is 1. The fourth-order valence-corrected chi connectivity index (χ4v) is 4.01. The summed E-state index contributed by atoms with van der Waals surface area (Å²) in [6, 6.07) is 17.2. The van der Waals surface area contributed by atoms with Crippen molar-refractivity contribution in [3.63, 3.8) is 0 Å². The molecule has 3 aromatic rings. The first kappa shape index (κ1) is 21.9. The maximum atomic E-state index is 13.2. The van der Waals surface area contributed by atoms with Crippen molar-refractivity contribution in [2.75, 3.05) is 44.2 Å². The van der Waals surface area contributed by atoms with Crippen LogP contribution in [0.5, 0.6) is 0 Å². The van der Waals surface area contributed by atoms with Gasteiger partial charge in [0.05, 0.1) is 0 Å². The number of nitrogens with zero attached hydrogens (tertiary/aromatic N) is 5. The summed E-state index contributed by atoms with van der Waals surface area (Å²) in [7, 11) is 0. The van der Waals surface area contributed by atoms with E-state index in [1.54, 1.807) is 0 Å². The number of hydrogen-bond donors (Lipinski definition) is 1. The van der Waals surface area contributed by atoms with Crippen molar-refractivity contribution >= 4 is 11.6 Å². The van der Waals surface area contributed by atoms with Crippen molar-refractivity contribution in [3.8, 4) is 0 Å². The van der Waals surface area contributed by atoms with Gasteiger partial charge < -0.3 is 19.7 Å². The van der Waals surface area contributed by atoms with Crippen molar-refractivity contribution < 1.29 is 4.39 Å². The number of hydrogen-bond acceptors (Lipinski definition) is 3. The summed E-state index contributed by atoms with van der Waals surface area (Å²) >= 11 is 0. The molecule has 0 radical (unpaired) electrons.